The molecule has 0 radical (unpaired) electrons. The van der Waals surface area contributed by atoms with E-state index in [2.05, 4.69) is 0 Å². The molecule has 0 aliphatic carbocycles. The molecule has 9 heavy (non-hydrogen) atoms. The molecule has 1 aliphatic heterocycles. The number of hydrogen-bond acceptors (Lipinski definition) is 2. The molecule has 0 aromatic rings. The molecule has 2 nitrogen and oxygen atoms in total. The summed E-state index contributed by atoms with van der Waals surface area (Å²) in [4.78, 5) is 0. The lowest BCUT2D eigenvalue weighted by molar-refractivity contribution is 0.123. The molecule has 0 bridgehead atoms. The normalized spacial score (nSPS) is 42.3. The monoisotopic (exact) mass is 155 g/mol. The summed E-state index contributed by atoms with van der Waals surface area (Å²) in [5.74, 6) is 0. The van der Waals surface area contributed by atoms with Gasteiger partial charge in [-0.05, 0) is 6.92 Å². The van der Waals surface area contributed by atoms with Crippen molar-refractivity contribution in [1.29, 1.82) is 0 Å². The lowest BCUT2D eigenvalue weighted by atomic mass is 10.0. The highest BCUT2D eigenvalue weighted by Gasteiger charge is 2.37. The Kier molecular flexibility index (Phi) is 2.86. The van der Waals surface area contributed by atoms with E-state index in [4.69, 9.17) is 10.5 Å². The van der Waals surface area contributed by atoms with Crippen LogP contribution < -0.4 is 5.73 Å². The summed E-state index contributed by atoms with van der Waals surface area (Å²) in [5, 5.41) is 0. The van der Waals surface area contributed by atoms with E-state index in [-0.39, 0.29) is 19.0 Å². The van der Waals surface area contributed by atoms with E-state index in [9.17, 15) is 4.39 Å². The molecule has 1 saturated heterocycles. The summed E-state index contributed by atoms with van der Waals surface area (Å²) >= 11 is 0. The number of rotatable bonds is 0. The first kappa shape index (κ1) is 9.14. The van der Waals surface area contributed by atoms with Crippen molar-refractivity contribution >= 4 is 12.4 Å². The molecule has 0 aromatic heterocycles. The Morgan fingerprint density at radius 1 is 1.78 bits per heavy atom. The van der Waals surface area contributed by atoms with E-state index in [1.165, 1.54) is 6.92 Å². The van der Waals surface area contributed by atoms with Crippen molar-refractivity contribution in [3.63, 3.8) is 0 Å². The maximum Gasteiger partial charge on any atom is 0.148 e. The van der Waals surface area contributed by atoms with Crippen LogP contribution >= 0.6 is 12.4 Å². The standard InChI is InChI=1S/C5H10FNO.ClH/c1-5(6)3-8-2-4(5)7;/h4H,2-3,7H2,1H3;1H. The number of hydrogen-bond donors (Lipinski definition) is 1. The van der Waals surface area contributed by atoms with Gasteiger partial charge >= 0.3 is 0 Å². The van der Waals surface area contributed by atoms with E-state index < -0.39 is 11.7 Å². The molecule has 0 amide bonds. The second-order valence-corrected chi connectivity index (χ2v) is 2.40. The second-order valence-electron chi connectivity index (χ2n) is 2.40. The molecule has 1 aliphatic rings. The molecule has 0 aromatic carbocycles. The van der Waals surface area contributed by atoms with E-state index in [1.54, 1.807) is 0 Å². The van der Waals surface area contributed by atoms with E-state index >= 15 is 0 Å². The Bertz CT molecular complexity index is 99.0. The molecule has 2 N–H and O–H groups in total. The fourth-order valence-corrected chi connectivity index (χ4v) is 0.666. The summed E-state index contributed by atoms with van der Waals surface area (Å²) < 4.78 is 17.5. The zero-order valence-corrected chi connectivity index (χ0v) is 6.08. The van der Waals surface area contributed by atoms with Gasteiger partial charge in [0.25, 0.3) is 0 Å². The van der Waals surface area contributed by atoms with Gasteiger partial charge in [-0.25, -0.2) is 4.39 Å². The summed E-state index contributed by atoms with van der Waals surface area (Å²) in [6.07, 6.45) is 0. The first-order valence-corrected chi connectivity index (χ1v) is 2.65. The highest BCUT2D eigenvalue weighted by molar-refractivity contribution is 5.85. The topological polar surface area (TPSA) is 35.2 Å². The van der Waals surface area contributed by atoms with Gasteiger partial charge in [0.05, 0.1) is 19.3 Å². The van der Waals surface area contributed by atoms with Crippen molar-refractivity contribution in [1.82, 2.24) is 0 Å². The molecule has 0 saturated carbocycles. The van der Waals surface area contributed by atoms with Gasteiger partial charge in [0, 0.05) is 0 Å². The third-order valence-corrected chi connectivity index (χ3v) is 1.45. The van der Waals surface area contributed by atoms with Crippen LogP contribution in [0.2, 0.25) is 0 Å². The van der Waals surface area contributed by atoms with Crippen LogP contribution in [0.5, 0.6) is 0 Å². The van der Waals surface area contributed by atoms with Crippen LogP contribution in [0, 0.1) is 0 Å². The molecule has 56 valence electrons. The summed E-state index contributed by atoms with van der Waals surface area (Å²) in [5.41, 5.74) is 4.02. The molecule has 0 spiro atoms. The fraction of sp³-hybridized carbons (Fsp3) is 1.00. The van der Waals surface area contributed by atoms with Crippen molar-refractivity contribution in [3.8, 4) is 0 Å². The molecule has 4 heteroatoms. The SMILES string of the molecule is CC1(F)COCC1N.Cl. The summed E-state index contributed by atoms with van der Waals surface area (Å²) in [7, 11) is 0. The van der Waals surface area contributed by atoms with Crippen LogP contribution in [0.25, 0.3) is 0 Å². The van der Waals surface area contributed by atoms with Gasteiger partial charge < -0.3 is 10.5 Å². The largest absolute Gasteiger partial charge is 0.376 e. The Morgan fingerprint density at radius 3 is 2.44 bits per heavy atom. The second kappa shape index (κ2) is 2.82. The Morgan fingerprint density at radius 2 is 2.33 bits per heavy atom. The predicted molar refractivity (Wildman–Crippen MR) is 35.6 cm³/mol. The minimum Gasteiger partial charge on any atom is -0.376 e. The Hall–Kier alpha value is 0.140. The van der Waals surface area contributed by atoms with Crippen LogP contribution in [-0.2, 0) is 4.74 Å². The van der Waals surface area contributed by atoms with Gasteiger partial charge in [-0.15, -0.1) is 12.4 Å². The molecule has 2 atom stereocenters. The number of ether oxygens (including phenoxy) is 1. The van der Waals surface area contributed by atoms with Crippen LogP contribution in [0.15, 0.2) is 0 Å². The highest BCUT2D eigenvalue weighted by atomic mass is 35.5. The van der Waals surface area contributed by atoms with Crippen molar-refractivity contribution in [2.45, 2.75) is 18.6 Å². The minimum atomic E-state index is -1.29. The Balaban J connectivity index is 0.000000640. The van der Waals surface area contributed by atoms with Gasteiger partial charge in [-0.3, -0.25) is 0 Å². The summed E-state index contributed by atoms with van der Waals surface area (Å²) in [6, 6.07) is -0.428. The highest BCUT2D eigenvalue weighted by Crippen LogP contribution is 2.20. The molecule has 1 heterocycles. The molecule has 2 unspecified atom stereocenters. The van der Waals surface area contributed by atoms with Crippen molar-refractivity contribution < 1.29 is 9.13 Å². The van der Waals surface area contributed by atoms with Gasteiger partial charge in [0.2, 0.25) is 0 Å². The lowest BCUT2D eigenvalue weighted by Gasteiger charge is -2.14. The molecule has 1 fully saturated rings. The molecular formula is C5H11ClFNO. The van der Waals surface area contributed by atoms with Gasteiger partial charge in [-0.2, -0.15) is 0 Å². The third-order valence-electron chi connectivity index (χ3n) is 1.45. The fourth-order valence-electron chi connectivity index (χ4n) is 0.666. The number of halogens is 2. The van der Waals surface area contributed by atoms with Crippen LogP contribution in [0.3, 0.4) is 0 Å². The van der Waals surface area contributed by atoms with E-state index in [1.807, 2.05) is 0 Å². The van der Waals surface area contributed by atoms with Gasteiger partial charge in [0.1, 0.15) is 5.67 Å². The van der Waals surface area contributed by atoms with Gasteiger partial charge in [-0.1, -0.05) is 0 Å². The number of alkyl halides is 1. The first-order chi connectivity index (χ1) is 3.63. The van der Waals surface area contributed by atoms with Crippen LogP contribution in [0.1, 0.15) is 6.92 Å². The van der Waals surface area contributed by atoms with Gasteiger partial charge in [0.15, 0.2) is 0 Å². The molecule has 1 rings (SSSR count). The summed E-state index contributed by atoms with van der Waals surface area (Å²) in [6.45, 7) is 1.96. The average Bonchev–Trinajstić information content (AvgIpc) is 1.86. The third kappa shape index (κ3) is 1.78. The van der Waals surface area contributed by atoms with Crippen molar-refractivity contribution in [2.24, 2.45) is 5.73 Å². The average molecular weight is 156 g/mol. The van der Waals surface area contributed by atoms with Crippen molar-refractivity contribution in [2.75, 3.05) is 13.2 Å². The first-order valence-electron chi connectivity index (χ1n) is 2.65. The lowest BCUT2D eigenvalue weighted by Crippen LogP contribution is -2.40. The predicted octanol–water partition coefficient (Wildman–Crippen LogP) is 0.494. The van der Waals surface area contributed by atoms with Crippen LogP contribution in [0.4, 0.5) is 4.39 Å². The zero-order chi connectivity index (χ0) is 6.20. The van der Waals surface area contributed by atoms with Crippen LogP contribution in [-0.4, -0.2) is 24.9 Å². The minimum absolute atomic E-state index is 0. The van der Waals surface area contributed by atoms with Crippen molar-refractivity contribution in [3.05, 3.63) is 0 Å². The molecular weight excluding hydrogens is 145 g/mol. The van der Waals surface area contributed by atoms with E-state index in [0.717, 1.165) is 0 Å². The zero-order valence-electron chi connectivity index (χ0n) is 5.26. The smallest absolute Gasteiger partial charge is 0.148 e. The number of nitrogens with two attached hydrogens (primary N) is 1. The maximum atomic E-state index is 12.8. The Labute approximate surface area is 60.0 Å². The maximum absolute atomic E-state index is 12.8. The quantitative estimate of drug-likeness (QED) is 0.553. The van der Waals surface area contributed by atoms with E-state index in [0.29, 0.717) is 6.61 Å².